The maximum Gasteiger partial charge on any atom is 0.260 e. The number of aryl methyl sites for hydroxylation is 1. The lowest BCUT2D eigenvalue weighted by atomic mass is 10.2. The molecule has 0 aliphatic rings. The van der Waals surface area contributed by atoms with Crippen molar-refractivity contribution in [2.45, 2.75) is 26.2 Å². The van der Waals surface area contributed by atoms with Crippen molar-refractivity contribution in [3.05, 3.63) is 11.8 Å². The molecule has 1 heterocycles. The van der Waals surface area contributed by atoms with Gasteiger partial charge in [-0.05, 0) is 31.3 Å². The van der Waals surface area contributed by atoms with E-state index in [2.05, 4.69) is 5.16 Å². The van der Waals surface area contributed by atoms with Gasteiger partial charge in [0.05, 0.1) is 0 Å². The molecule has 102 valence electrons. The average Bonchev–Trinajstić information content (AvgIpc) is 2.77. The number of aromatic nitrogens is 1. The molecule has 0 aliphatic heterocycles. The van der Waals surface area contributed by atoms with Gasteiger partial charge in [0.15, 0.2) is 6.61 Å². The van der Waals surface area contributed by atoms with Crippen molar-refractivity contribution < 1.29 is 19.2 Å². The molecular weight excluding hydrogens is 236 g/mol. The van der Waals surface area contributed by atoms with Gasteiger partial charge in [-0.1, -0.05) is 0 Å². The van der Waals surface area contributed by atoms with Crippen LogP contribution in [0.3, 0.4) is 0 Å². The Hall–Kier alpha value is -1.56. The molecule has 0 spiro atoms. The van der Waals surface area contributed by atoms with E-state index in [4.69, 9.17) is 14.4 Å². The Balaban J connectivity index is 2.19. The summed E-state index contributed by atoms with van der Waals surface area (Å²) in [5, 5.41) is 12.3. The summed E-state index contributed by atoms with van der Waals surface area (Å²) in [7, 11) is 1.73. The molecule has 0 saturated carbocycles. The Bertz CT molecular complexity index is 365. The highest BCUT2D eigenvalue weighted by Crippen LogP contribution is 2.09. The third-order valence-corrected chi connectivity index (χ3v) is 2.53. The van der Waals surface area contributed by atoms with E-state index in [1.54, 1.807) is 24.9 Å². The number of carbonyl (C=O) groups is 1. The Kier molecular flexibility index (Phi) is 6.21. The number of hydrogen-bond acceptors (Lipinski definition) is 5. The molecule has 18 heavy (non-hydrogen) atoms. The van der Waals surface area contributed by atoms with Gasteiger partial charge in [0.2, 0.25) is 0 Å². The molecule has 1 aromatic heterocycles. The summed E-state index contributed by atoms with van der Waals surface area (Å²) in [6, 6.07) is 1.63. The monoisotopic (exact) mass is 256 g/mol. The predicted octanol–water partition coefficient (Wildman–Crippen LogP) is 0.983. The first-order valence-electron chi connectivity index (χ1n) is 6.04. The van der Waals surface area contributed by atoms with Gasteiger partial charge >= 0.3 is 0 Å². The molecule has 0 radical (unpaired) electrons. The highest BCUT2D eigenvalue weighted by molar-refractivity contribution is 5.77. The number of amides is 1. The van der Waals surface area contributed by atoms with Crippen molar-refractivity contribution in [2.75, 3.05) is 26.8 Å². The zero-order valence-corrected chi connectivity index (χ0v) is 10.9. The summed E-state index contributed by atoms with van der Waals surface area (Å²) in [6.07, 6.45) is 2.57. The second kappa shape index (κ2) is 7.71. The van der Waals surface area contributed by atoms with Crippen LogP contribution in [-0.4, -0.2) is 47.9 Å². The lowest BCUT2D eigenvalue weighted by molar-refractivity contribution is -0.132. The van der Waals surface area contributed by atoms with Crippen molar-refractivity contribution in [1.29, 1.82) is 0 Å². The number of rotatable bonds is 8. The summed E-state index contributed by atoms with van der Waals surface area (Å²) in [4.78, 5) is 13.3. The van der Waals surface area contributed by atoms with Crippen LogP contribution in [0.2, 0.25) is 0 Å². The molecule has 0 atom stereocenters. The fourth-order valence-electron chi connectivity index (χ4n) is 1.42. The van der Waals surface area contributed by atoms with Crippen molar-refractivity contribution in [1.82, 2.24) is 10.1 Å². The van der Waals surface area contributed by atoms with Crippen LogP contribution in [0.15, 0.2) is 10.6 Å². The summed E-state index contributed by atoms with van der Waals surface area (Å²) < 4.78 is 10.0. The Morgan fingerprint density at radius 1 is 1.50 bits per heavy atom. The van der Waals surface area contributed by atoms with E-state index in [0.29, 0.717) is 18.2 Å². The molecule has 1 amide bonds. The standard InChI is InChI=1S/C12H20N2O4/c1-10-8-11(13-18-10)17-9-12(16)14(2)6-4-3-5-7-15/h8,15H,3-7,9H2,1-2H3. The van der Waals surface area contributed by atoms with Crippen molar-refractivity contribution in [3.8, 4) is 5.88 Å². The number of likely N-dealkylation sites (N-methyl/N-ethyl adjacent to an activating group) is 1. The van der Waals surface area contributed by atoms with Gasteiger partial charge in [-0.3, -0.25) is 4.79 Å². The molecule has 6 heteroatoms. The van der Waals surface area contributed by atoms with E-state index in [-0.39, 0.29) is 19.1 Å². The zero-order chi connectivity index (χ0) is 13.4. The lowest BCUT2D eigenvalue weighted by Crippen LogP contribution is -2.32. The molecule has 0 unspecified atom stereocenters. The van der Waals surface area contributed by atoms with E-state index in [1.807, 2.05) is 0 Å². The minimum Gasteiger partial charge on any atom is -0.465 e. The molecule has 0 aliphatic carbocycles. The SMILES string of the molecule is Cc1cc(OCC(=O)N(C)CCCCCO)no1. The zero-order valence-electron chi connectivity index (χ0n) is 10.9. The molecule has 0 bridgehead atoms. The maximum absolute atomic E-state index is 11.7. The fraction of sp³-hybridized carbons (Fsp3) is 0.667. The van der Waals surface area contributed by atoms with Gasteiger partial charge in [-0.15, -0.1) is 0 Å². The van der Waals surface area contributed by atoms with E-state index >= 15 is 0 Å². The predicted molar refractivity (Wildman–Crippen MR) is 65.3 cm³/mol. The maximum atomic E-state index is 11.7. The van der Waals surface area contributed by atoms with Gasteiger partial charge < -0.3 is 19.3 Å². The van der Waals surface area contributed by atoms with Gasteiger partial charge in [-0.25, -0.2) is 0 Å². The quantitative estimate of drug-likeness (QED) is 0.702. The minimum absolute atomic E-state index is 0.0392. The Morgan fingerprint density at radius 3 is 2.89 bits per heavy atom. The highest BCUT2D eigenvalue weighted by Gasteiger charge is 2.10. The third kappa shape index (κ3) is 5.18. The van der Waals surface area contributed by atoms with Crippen LogP contribution < -0.4 is 4.74 Å². The number of carbonyl (C=O) groups excluding carboxylic acids is 1. The lowest BCUT2D eigenvalue weighted by Gasteiger charge is -2.16. The van der Waals surface area contributed by atoms with Crippen LogP contribution >= 0.6 is 0 Å². The van der Waals surface area contributed by atoms with E-state index in [1.165, 1.54) is 0 Å². The summed E-state index contributed by atoms with van der Waals surface area (Å²) in [5.41, 5.74) is 0. The number of ether oxygens (including phenoxy) is 1. The summed E-state index contributed by atoms with van der Waals surface area (Å²) in [6.45, 7) is 2.59. The van der Waals surface area contributed by atoms with Crippen LogP contribution in [-0.2, 0) is 4.79 Å². The van der Waals surface area contributed by atoms with Gasteiger partial charge in [0, 0.05) is 26.3 Å². The molecule has 6 nitrogen and oxygen atoms in total. The number of unbranched alkanes of at least 4 members (excludes halogenated alkanes) is 2. The van der Waals surface area contributed by atoms with E-state index in [9.17, 15) is 4.79 Å². The first-order valence-corrected chi connectivity index (χ1v) is 6.04. The molecule has 1 N–H and O–H groups in total. The molecule has 1 rings (SSSR count). The third-order valence-electron chi connectivity index (χ3n) is 2.53. The van der Waals surface area contributed by atoms with Crippen LogP contribution in [0, 0.1) is 6.92 Å². The molecule has 0 fully saturated rings. The smallest absolute Gasteiger partial charge is 0.260 e. The average molecular weight is 256 g/mol. The summed E-state index contributed by atoms with van der Waals surface area (Å²) >= 11 is 0. The molecule has 0 saturated heterocycles. The molecule has 1 aromatic rings. The minimum atomic E-state index is -0.0975. The number of hydrogen-bond donors (Lipinski definition) is 1. The first-order chi connectivity index (χ1) is 8.63. The van der Waals surface area contributed by atoms with Crippen LogP contribution in [0.5, 0.6) is 5.88 Å². The van der Waals surface area contributed by atoms with Crippen LogP contribution in [0.4, 0.5) is 0 Å². The second-order valence-corrected chi connectivity index (χ2v) is 4.16. The number of aliphatic hydroxyl groups excluding tert-OH is 1. The normalized spacial score (nSPS) is 10.4. The number of aliphatic hydroxyl groups is 1. The van der Waals surface area contributed by atoms with Crippen LogP contribution in [0.1, 0.15) is 25.0 Å². The Labute approximate surface area is 107 Å². The molecular formula is C12H20N2O4. The van der Waals surface area contributed by atoms with Crippen LogP contribution in [0.25, 0.3) is 0 Å². The summed E-state index contributed by atoms with van der Waals surface area (Å²) in [5.74, 6) is 0.879. The van der Waals surface area contributed by atoms with Crippen molar-refractivity contribution >= 4 is 5.91 Å². The van der Waals surface area contributed by atoms with Gasteiger partial charge in [-0.2, -0.15) is 0 Å². The van der Waals surface area contributed by atoms with Gasteiger partial charge in [0.25, 0.3) is 11.8 Å². The first kappa shape index (κ1) is 14.5. The Morgan fingerprint density at radius 2 is 2.28 bits per heavy atom. The van der Waals surface area contributed by atoms with Crippen molar-refractivity contribution in [3.63, 3.8) is 0 Å². The number of nitrogens with zero attached hydrogens (tertiary/aromatic N) is 2. The fourth-order valence-corrected chi connectivity index (χ4v) is 1.42. The largest absolute Gasteiger partial charge is 0.465 e. The van der Waals surface area contributed by atoms with E-state index in [0.717, 1.165) is 19.3 Å². The second-order valence-electron chi connectivity index (χ2n) is 4.16. The topological polar surface area (TPSA) is 75.8 Å². The molecule has 0 aromatic carbocycles. The van der Waals surface area contributed by atoms with Crippen molar-refractivity contribution in [2.24, 2.45) is 0 Å². The highest BCUT2D eigenvalue weighted by atomic mass is 16.5. The van der Waals surface area contributed by atoms with E-state index < -0.39 is 0 Å². The van der Waals surface area contributed by atoms with Gasteiger partial charge in [0.1, 0.15) is 5.76 Å².